The third-order valence-corrected chi connectivity index (χ3v) is 2.88. The van der Waals surface area contributed by atoms with Crippen molar-refractivity contribution >= 4 is 0 Å². The van der Waals surface area contributed by atoms with Gasteiger partial charge in [-0.15, -0.1) is 0 Å². The first-order valence-corrected chi connectivity index (χ1v) is 6.57. The van der Waals surface area contributed by atoms with Gasteiger partial charge in [0.1, 0.15) is 0 Å². The maximum Gasteiger partial charge on any atom is 0.0945 e. The third kappa shape index (κ3) is 3.70. The van der Waals surface area contributed by atoms with Crippen molar-refractivity contribution in [3.8, 4) is 0 Å². The molecule has 0 amide bonds. The molecule has 0 fully saturated rings. The molecule has 0 saturated heterocycles. The number of aromatic nitrogens is 4. The lowest BCUT2D eigenvalue weighted by Crippen LogP contribution is -2.19. The zero-order valence-corrected chi connectivity index (χ0v) is 10.9. The zero-order chi connectivity index (χ0) is 12.6. The van der Waals surface area contributed by atoms with Crippen molar-refractivity contribution in [3.63, 3.8) is 0 Å². The van der Waals surface area contributed by atoms with Crippen LogP contribution in [0.1, 0.15) is 25.5 Å². The molecular weight excluding hydrogens is 226 g/mol. The van der Waals surface area contributed by atoms with Crippen LogP contribution in [0.25, 0.3) is 0 Å². The Bertz CT molecular complexity index is 432. The molecule has 0 aromatic carbocycles. The summed E-state index contributed by atoms with van der Waals surface area (Å²) in [5.74, 6) is 0. The molecule has 0 saturated carbocycles. The number of nitrogens with one attached hydrogen (secondary N) is 1. The molecule has 98 valence electrons. The number of hydrogen-bond donors (Lipinski definition) is 1. The third-order valence-electron chi connectivity index (χ3n) is 2.88. The summed E-state index contributed by atoms with van der Waals surface area (Å²) >= 11 is 0. The molecule has 0 aliphatic rings. The normalized spacial score (nSPS) is 10.9. The van der Waals surface area contributed by atoms with E-state index in [2.05, 4.69) is 37.6 Å². The van der Waals surface area contributed by atoms with Crippen LogP contribution in [0.2, 0.25) is 0 Å². The molecule has 0 atom stereocenters. The van der Waals surface area contributed by atoms with E-state index in [-0.39, 0.29) is 0 Å². The van der Waals surface area contributed by atoms with Gasteiger partial charge >= 0.3 is 0 Å². The molecule has 0 aliphatic carbocycles. The summed E-state index contributed by atoms with van der Waals surface area (Å²) in [5, 5.41) is 7.76. The van der Waals surface area contributed by atoms with Crippen molar-refractivity contribution < 1.29 is 0 Å². The maximum atomic E-state index is 4.31. The highest BCUT2D eigenvalue weighted by molar-refractivity contribution is 4.99. The Morgan fingerprint density at radius 1 is 1.28 bits per heavy atom. The highest BCUT2D eigenvalue weighted by atomic mass is 15.3. The Balaban J connectivity index is 1.64. The lowest BCUT2D eigenvalue weighted by molar-refractivity contribution is 0.532. The van der Waals surface area contributed by atoms with Gasteiger partial charge in [0, 0.05) is 38.2 Å². The van der Waals surface area contributed by atoms with Crippen LogP contribution in [0.5, 0.6) is 0 Å². The predicted octanol–water partition coefficient (Wildman–Crippen LogP) is 1.67. The van der Waals surface area contributed by atoms with E-state index in [4.69, 9.17) is 0 Å². The number of aryl methyl sites for hydroxylation is 2. The molecule has 0 radical (unpaired) electrons. The van der Waals surface area contributed by atoms with Crippen LogP contribution in [-0.4, -0.2) is 25.9 Å². The standard InChI is InChI=1S/C13H21N5/c1-2-8-18-13(4-6-16-18)11-14-5-3-9-17-10-7-15-12-17/h4,6-7,10,12,14H,2-3,5,8-9,11H2,1H3. The highest BCUT2D eigenvalue weighted by Gasteiger charge is 2.00. The molecule has 0 unspecified atom stereocenters. The smallest absolute Gasteiger partial charge is 0.0945 e. The fraction of sp³-hybridized carbons (Fsp3) is 0.538. The van der Waals surface area contributed by atoms with E-state index in [0.717, 1.165) is 39.0 Å². The first-order valence-electron chi connectivity index (χ1n) is 6.57. The molecule has 0 aliphatic heterocycles. The minimum absolute atomic E-state index is 0.893. The summed E-state index contributed by atoms with van der Waals surface area (Å²) in [7, 11) is 0. The van der Waals surface area contributed by atoms with Gasteiger partial charge in [-0.3, -0.25) is 4.68 Å². The maximum absolute atomic E-state index is 4.31. The molecular formula is C13H21N5. The van der Waals surface area contributed by atoms with Gasteiger partial charge in [0.05, 0.1) is 12.0 Å². The van der Waals surface area contributed by atoms with E-state index < -0.39 is 0 Å². The number of imidazole rings is 1. The second-order valence-electron chi connectivity index (χ2n) is 4.38. The second kappa shape index (κ2) is 6.96. The van der Waals surface area contributed by atoms with E-state index in [9.17, 15) is 0 Å². The van der Waals surface area contributed by atoms with E-state index in [1.165, 1.54) is 5.69 Å². The zero-order valence-electron chi connectivity index (χ0n) is 10.9. The first-order chi connectivity index (χ1) is 8.90. The lowest BCUT2D eigenvalue weighted by atomic mass is 10.3. The van der Waals surface area contributed by atoms with Crippen LogP contribution in [0, 0.1) is 0 Å². The molecule has 2 aromatic heterocycles. The number of hydrogen-bond acceptors (Lipinski definition) is 3. The van der Waals surface area contributed by atoms with Crippen molar-refractivity contribution in [2.24, 2.45) is 0 Å². The van der Waals surface area contributed by atoms with Crippen molar-refractivity contribution in [2.45, 2.75) is 39.4 Å². The molecule has 0 bridgehead atoms. The van der Waals surface area contributed by atoms with Crippen LogP contribution in [0.15, 0.2) is 31.0 Å². The summed E-state index contributed by atoms with van der Waals surface area (Å²) < 4.78 is 4.17. The molecule has 2 heterocycles. The molecule has 5 nitrogen and oxygen atoms in total. The monoisotopic (exact) mass is 247 g/mol. The average Bonchev–Trinajstić information content (AvgIpc) is 3.01. The SMILES string of the molecule is CCCn1nccc1CNCCCn1ccnc1. The Labute approximate surface area is 108 Å². The minimum atomic E-state index is 0.893. The van der Waals surface area contributed by atoms with Crippen LogP contribution >= 0.6 is 0 Å². The summed E-state index contributed by atoms with van der Waals surface area (Å²) in [6.45, 7) is 6.09. The van der Waals surface area contributed by atoms with Crippen molar-refractivity contribution in [1.29, 1.82) is 0 Å². The Morgan fingerprint density at radius 2 is 2.22 bits per heavy atom. The Hall–Kier alpha value is -1.62. The van der Waals surface area contributed by atoms with Gasteiger partial charge in [-0.05, 0) is 25.5 Å². The quantitative estimate of drug-likeness (QED) is 0.722. The van der Waals surface area contributed by atoms with Gasteiger partial charge in [-0.25, -0.2) is 4.98 Å². The van der Waals surface area contributed by atoms with Crippen LogP contribution in [0.3, 0.4) is 0 Å². The fourth-order valence-corrected chi connectivity index (χ4v) is 1.95. The predicted molar refractivity (Wildman–Crippen MR) is 71.1 cm³/mol. The van der Waals surface area contributed by atoms with E-state index in [0.29, 0.717) is 0 Å². The Kier molecular flexibility index (Phi) is 4.96. The van der Waals surface area contributed by atoms with Crippen LogP contribution in [0.4, 0.5) is 0 Å². The summed E-state index contributed by atoms with van der Waals surface area (Å²) in [4.78, 5) is 4.02. The second-order valence-corrected chi connectivity index (χ2v) is 4.38. The average molecular weight is 247 g/mol. The topological polar surface area (TPSA) is 47.7 Å². The molecule has 0 spiro atoms. The van der Waals surface area contributed by atoms with E-state index in [1.807, 2.05) is 24.9 Å². The van der Waals surface area contributed by atoms with Crippen LogP contribution < -0.4 is 5.32 Å². The number of rotatable bonds is 8. The fourth-order valence-electron chi connectivity index (χ4n) is 1.95. The van der Waals surface area contributed by atoms with Crippen LogP contribution in [-0.2, 0) is 19.6 Å². The summed E-state index contributed by atoms with van der Waals surface area (Å²) in [6, 6.07) is 2.08. The largest absolute Gasteiger partial charge is 0.337 e. The summed E-state index contributed by atoms with van der Waals surface area (Å²) in [5.41, 5.74) is 1.26. The summed E-state index contributed by atoms with van der Waals surface area (Å²) in [6.07, 6.45) is 9.77. The van der Waals surface area contributed by atoms with Crippen molar-refractivity contribution in [2.75, 3.05) is 6.54 Å². The lowest BCUT2D eigenvalue weighted by Gasteiger charge is -2.08. The number of nitrogens with zero attached hydrogens (tertiary/aromatic N) is 4. The molecule has 18 heavy (non-hydrogen) atoms. The molecule has 1 N–H and O–H groups in total. The first kappa shape index (κ1) is 12.8. The molecule has 5 heteroatoms. The van der Waals surface area contributed by atoms with Gasteiger partial charge < -0.3 is 9.88 Å². The Morgan fingerprint density at radius 3 is 3.00 bits per heavy atom. The molecule has 2 aromatic rings. The van der Waals surface area contributed by atoms with E-state index in [1.54, 1.807) is 0 Å². The highest BCUT2D eigenvalue weighted by Crippen LogP contribution is 2.00. The van der Waals surface area contributed by atoms with Gasteiger partial charge in [0.25, 0.3) is 0 Å². The van der Waals surface area contributed by atoms with E-state index >= 15 is 0 Å². The molecule has 2 rings (SSSR count). The van der Waals surface area contributed by atoms with Gasteiger partial charge in [0.2, 0.25) is 0 Å². The van der Waals surface area contributed by atoms with Gasteiger partial charge in [0.15, 0.2) is 0 Å². The van der Waals surface area contributed by atoms with Crippen molar-refractivity contribution in [3.05, 3.63) is 36.7 Å². The van der Waals surface area contributed by atoms with Gasteiger partial charge in [-0.2, -0.15) is 5.10 Å². The van der Waals surface area contributed by atoms with Gasteiger partial charge in [-0.1, -0.05) is 6.92 Å². The van der Waals surface area contributed by atoms with Crippen molar-refractivity contribution in [1.82, 2.24) is 24.6 Å². The minimum Gasteiger partial charge on any atom is -0.337 e.